The van der Waals surface area contributed by atoms with Gasteiger partial charge in [-0.25, -0.2) is 0 Å². The van der Waals surface area contributed by atoms with E-state index in [9.17, 15) is 0 Å². The van der Waals surface area contributed by atoms with Gasteiger partial charge in [0.15, 0.2) is 0 Å². The van der Waals surface area contributed by atoms with Crippen molar-refractivity contribution in [2.45, 2.75) is 65.8 Å². The molecule has 0 bridgehead atoms. The Kier molecular flexibility index (Phi) is 5.09. The van der Waals surface area contributed by atoms with E-state index in [2.05, 4.69) is 32.2 Å². The Hall–Kier alpha value is -0.760. The topological polar surface area (TPSA) is 25.2 Å². The summed E-state index contributed by atoms with van der Waals surface area (Å²) in [7, 11) is 0. The van der Waals surface area contributed by atoms with Crippen LogP contribution in [-0.4, -0.2) is 6.54 Å². The lowest BCUT2D eigenvalue weighted by molar-refractivity contribution is 0.265. The maximum absolute atomic E-state index is 5.61. The van der Waals surface area contributed by atoms with Gasteiger partial charge in [-0.2, -0.15) is 0 Å². The highest BCUT2D eigenvalue weighted by Crippen LogP contribution is 2.30. The van der Waals surface area contributed by atoms with Crippen LogP contribution < -0.4 is 5.32 Å². The van der Waals surface area contributed by atoms with Crippen molar-refractivity contribution in [3.8, 4) is 0 Å². The molecule has 1 aliphatic rings. The largest absolute Gasteiger partial charge is 0.466 e. The zero-order chi connectivity index (χ0) is 13.8. The van der Waals surface area contributed by atoms with Crippen molar-refractivity contribution in [3.63, 3.8) is 0 Å². The molecule has 0 radical (unpaired) electrons. The fourth-order valence-corrected chi connectivity index (χ4v) is 3.52. The minimum Gasteiger partial charge on any atom is -0.466 e. The molecular weight excluding hydrogens is 234 g/mol. The summed E-state index contributed by atoms with van der Waals surface area (Å²) in [5.74, 6) is 3.96. The molecule has 1 N–H and O–H groups in total. The van der Waals surface area contributed by atoms with Crippen LogP contribution in [0, 0.1) is 25.7 Å². The van der Waals surface area contributed by atoms with E-state index in [0.29, 0.717) is 6.04 Å². The monoisotopic (exact) mass is 263 g/mol. The van der Waals surface area contributed by atoms with Gasteiger partial charge in [0.2, 0.25) is 0 Å². The molecule has 1 saturated carbocycles. The second-order valence-electron chi connectivity index (χ2n) is 6.47. The third-order valence-corrected chi connectivity index (χ3v) is 4.59. The smallest absolute Gasteiger partial charge is 0.105 e. The van der Waals surface area contributed by atoms with Crippen LogP contribution in [0.1, 0.15) is 69.1 Å². The number of hydrogen-bond donors (Lipinski definition) is 1. The third-order valence-electron chi connectivity index (χ3n) is 4.59. The number of nitrogens with one attached hydrogen (secondary N) is 1. The Balaban J connectivity index is 1.74. The van der Waals surface area contributed by atoms with Gasteiger partial charge in [-0.05, 0) is 58.1 Å². The van der Waals surface area contributed by atoms with Gasteiger partial charge in [-0.3, -0.25) is 0 Å². The molecule has 108 valence electrons. The van der Waals surface area contributed by atoms with Crippen LogP contribution in [0.3, 0.4) is 0 Å². The van der Waals surface area contributed by atoms with Crippen molar-refractivity contribution in [2.24, 2.45) is 11.8 Å². The second-order valence-corrected chi connectivity index (χ2v) is 6.47. The van der Waals surface area contributed by atoms with Crippen LogP contribution in [0.4, 0.5) is 0 Å². The van der Waals surface area contributed by atoms with Crippen molar-refractivity contribution >= 4 is 0 Å². The lowest BCUT2D eigenvalue weighted by Gasteiger charge is -2.27. The zero-order valence-electron chi connectivity index (χ0n) is 13.0. The van der Waals surface area contributed by atoms with Crippen LogP contribution in [-0.2, 0) is 0 Å². The van der Waals surface area contributed by atoms with Crippen LogP contribution in [0.5, 0.6) is 0 Å². The van der Waals surface area contributed by atoms with Crippen molar-refractivity contribution < 1.29 is 4.42 Å². The molecule has 0 amide bonds. The van der Waals surface area contributed by atoms with E-state index in [0.717, 1.165) is 29.9 Å². The van der Waals surface area contributed by atoms with Gasteiger partial charge >= 0.3 is 0 Å². The van der Waals surface area contributed by atoms with Crippen molar-refractivity contribution in [1.29, 1.82) is 0 Å². The fourth-order valence-electron chi connectivity index (χ4n) is 3.52. The molecule has 0 spiro atoms. The van der Waals surface area contributed by atoms with E-state index in [-0.39, 0.29) is 0 Å². The third kappa shape index (κ3) is 4.10. The second kappa shape index (κ2) is 6.60. The normalized spacial score (nSPS) is 25.5. The molecule has 0 aromatic carbocycles. The summed E-state index contributed by atoms with van der Waals surface area (Å²) in [5, 5.41) is 3.66. The maximum atomic E-state index is 5.61. The van der Waals surface area contributed by atoms with Crippen LogP contribution in [0.15, 0.2) is 10.5 Å². The van der Waals surface area contributed by atoms with Crippen molar-refractivity contribution in [2.75, 3.05) is 6.54 Å². The van der Waals surface area contributed by atoms with Crippen LogP contribution in [0.2, 0.25) is 0 Å². The van der Waals surface area contributed by atoms with E-state index >= 15 is 0 Å². The first-order chi connectivity index (χ1) is 9.06. The van der Waals surface area contributed by atoms with Gasteiger partial charge in [0.25, 0.3) is 0 Å². The van der Waals surface area contributed by atoms with Crippen LogP contribution >= 0.6 is 0 Å². The first-order valence-electron chi connectivity index (χ1n) is 7.86. The van der Waals surface area contributed by atoms with Gasteiger partial charge in [0.1, 0.15) is 11.5 Å². The molecule has 0 aliphatic heterocycles. The predicted octanol–water partition coefficient (Wildman–Crippen LogP) is 4.76. The summed E-state index contributed by atoms with van der Waals surface area (Å²) in [6.07, 6.45) is 7.06. The molecular formula is C17H29NO. The minimum absolute atomic E-state index is 0.401. The highest BCUT2D eigenvalue weighted by Gasteiger charge is 2.19. The van der Waals surface area contributed by atoms with E-state index in [1.807, 2.05) is 6.92 Å². The average molecular weight is 263 g/mol. The fraction of sp³-hybridized carbons (Fsp3) is 0.765. The number of furan rings is 1. The quantitative estimate of drug-likeness (QED) is 0.828. The summed E-state index contributed by atoms with van der Waals surface area (Å²) >= 11 is 0. The molecule has 1 aliphatic carbocycles. The molecule has 2 nitrogen and oxygen atoms in total. The van der Waals surface area contributed by atoms with Gasteiger partial charge in [0.05, 0.1) is 0 Å². The highest BCUT2D eigenvalue weighted by molar-refractivity contribution is 5.23. The minimum atomic E-state index is 0.401. The Morgan fingerprint density at radius 1 is 1.37 bits per heavy atom. The standard InChI is InChI=1S/C17H29NO/c1-12-6-5-7-16(10-12)8-9-18-14(3)17-11-13(2)19-15(17)4/h11-12,14,16,18H,5-10H2,1-4H3. The molecule has 1 heterocycles. The molecule has 2 heteroatoms. The van der Waals surface area contributed by atoms with Crippen molar-refractivity contribution in [1.82, 2.24) is 5.32 Å². The van der Waals surface area contributed by atoms with E-state index in [4.69, 9.17) is 4.42 Å². The van der Waals surface area contributed by atoms with Gasteiger partial charge < -0.3 is 9.73 Å². The summed E-state index contributed by atoms with van der Waals surface area (Å²) in [6, 6.07) is 2.56. The number of aryl methyl sites for hydroxylation is 2. The predicted molar refractivity (Wildman–Crippen MR) is 80.3 cm³/mol. The Morgan fingerprint density at radius 3 is 2.79 bits per heavy atom. The molecule has 3 atom stereocenters. The summed E-state index contributed by atoms with van der Waals surface area (Å²) in [6.45, 7) is 9.85. The number of hydrogen-bond acceptors (Lipinski definition) is 2. The summed E-state index contributed by atoms with van der Waals surface area (Å²) in [4.78, 5) is 0. The zero-order valence-corrected chi connectivity index (χ0v) is 13.0. The molecule has 1 aromatic heterocycles. The molecule has 1 aromatic rings. The van der Waals surface area contributed by atoms with Gasteiger partial charge in [0, 0.05) is 11.6 Å². The van der Waals surface area contributed by atoms with E-state index in [1.165, 1.54) is 37.7 Å². The molecule has 0 saturated heterocycles. The molecule has 19 heavy (non-hydrogen) atoms. The average Bonchev–Trinajstić information content (AvgIpc) is 2.68. The molecule has 2 rings (SSSR count). The van der Waals surface area contributed by atoms with Crippen LogP contribution in [0.25, 0.3) is 0 Å². The summed E-state index contributed by atoms with van der Waals surface area (Å²) < 4.78 is 5.61. The number of rotatable bonds is 5. The molecule has 3 unspecified atom stereocenters. The maximum Gasteiger partial charge on any atom is 0.105 e. The Bertz CT molecular complexity index is 396. The Labute approximate surface area is 118 Å². The summed E-state index contributed by atoms with van der Waals surface area (Å²) in [5.41, 5.74) is 1.31. The van der Waals surface area contributed by atoms with E-state index < -0.39 is 0 Å². The van der Waals surface area contributed by atoms with Gasteiger partial charge in [-0.1, -0.05) is 26.2 Å². The SMILES string of the molecule is Cc1cc(C(C)NCCC2CCCC(C)C2)c(C)o1. The highest BCUT2D eigenvalue weighted by atomic mass is 16.3. The first-order valence-corrected chi connectivity index (χ1v) is 7.86. The Morgan fingerprint density at radius 2 is 2.16 bits per heavy atom. The first kappa shape index (κ1) is 14.6. The van der Waals surface area contributed by atoms with Crippen molar-refractivity contribution in [3.05, 3.63) is 23.2 Å². The van der Waals surface area contributed by atoms with Gasteiger partial charge in [-0.15, -0.1) is 0 Å². The van der Waals surface area contributed by atoms with E-state index in [1.54, 1.807) is 0 Å². The molecule has 1 fully saturated rings. The lowest BCUT2D eigenvalue weighted by Crippen LogP contribution is -2.24. The lowest BCUT2D eigenvalue weighted by atomic mass is 9.81.